The van der Waals surface area contributed by atoms with Gasteiger partial charge >= 0.3 is 5.97 Å². The first-order valence-electron chi connectivity index (χ1n) is 13.3. The Bertz CT molecular complexity index is 2050. The van der Waals surface area contributed by atoms with Crippen LogP contribution in [0.2, 0.25) is 5.02 Å². The predicted octanol–water partition coefficient (Wildman–Crippen LogP) is 7.89. The Kier molecular flexibility index (Phi) is 9.96. The minimum Gasteiger partial charge on any atom is -0.493 e. The molecule has 10 nitrogen and oxygen atoms in total. The van der Waals surface area contributed by atoms with Crippen LogP contribution in [-0.2, 0) is 0 Å². The highest BCUT2D eigenvalue weighted by atomic mass is 79.9. The average molecular weight is 767 g/mol. The Morgan fingerprint density at radius 1 is 0.957 bits per heavy atom. The van der Waals surface area contributed by atoms with Crippen LogP contribution in [0.5, 0.6) is 23.0 Å². The van der Waals surface area contributed by atoms with E-state index in [-0.39, 0.29) is 28.5 Å². The van der Waals surface area contributed by atoms with E-state index in [0.717, 1.165) is 0 Å². The van der Waals surface area contributed by atoms with Crippen molar-refractivity contribution < 1.29 is 28.5 Å². The molecule has 0 unspecified atom stereocenters. The summed E-state index contributed by atoms with van der Waals surface area (Å²) in [7, 11) is 4.34. The van der Waals surface area contributed by atoms with Crippen LogP contribution in [0.4, 0.5) is 0 Å². The van der Waals surface area contributed by atoms with E-state index in [2.05, 4.69) is 53.4 Å². The van der Waals surface area contributed by atoms with Crippen molar-refractivity contribution in [3.63, 3.8) is 0 Å². The molecule has 0 fully saturated rings. The maximum atomic E-state index is 13.5. The molecule has 0 saturated heterocycles. The second-order valence-electron chi connectivity index (χ2n) is 9.50. The first-order chi connectivity index (χ1) is 22.2. The molecule has 232 valence electrons. The molecule has 0 aliphatic heterocycles. The van der Waals surface area contributed by atoms with Crippen molar-refractivity contribution in [2.45, 2.75) is 0 Å². The highest BCUT2D eigenvalue weighted by Crippen LogP contribution is 2.40. The molecule has 0 radical (unpaired) electrons. The van der Waals surface area contributed by atoms with E-state index in [4.69, 9.17) is 30.5 Å². The standard InChI is InChI=1S/C33H23Br2ClN4O6/c1-43-25-12-18(13-26(44-2)31(25)45-3)33(42)46-30-19(11-20(34)14-23(30)35)16-38-40-32(41)29-27(21-8-4-5-10-24(21)36)22-9-6-7-17(15-37)28(22)39-29/h4-14,16,39H,1-3H3,(H,40,41). The van der Waals surface area contributed by atoms with Gasteiger partial charge in [-0.3, -0.25) is 4.79 Å². The number of esters is 1. The summed E-state index contributed by atoms with van der Waals surface area (Å²) in [5.74, 6) is -0.271. The summed E-state index contributed by atoms with van der Waals surface area (Å²) in [6.45, 7) is 0. The van der Waals surface area contributed by atoms with Gasteiger partial charge in [0.05, 0.1) is 48.7 Å². The van der Waals surface area contributed by atoms with Crippen molar-refractivity contribution in [3.8, 4) is 40.2 Å². The van der Waals surface area contributed by atoms with Crippen LogP contribution < -0.4 is 24.4 Å². The van der Waals surface area contributed by atoms with Gasteiger partial charge in [0.1, 0.15) is 11.8 Å². The Morgan fingerprint density at radius 2 is 1.67 bits per heavy atom. The molecule has 1 aromatic heterocycles. The highest BCUT2D eigenvalue weighted by Gasteiger charge is 2.23. The number of aromatic nitrogens is 1. The van der Waals surface area contributed by atoms with Gasteiger partial charge in [0.25, 0.3) is 5.91 Å². The van der Waals surface area contributed by atoms with Gasteiger partial charge in [-0.05, 0) is 52.3 Å². The number of nitrogens with one attached hydrogen (secondary N) is 2. The monoisotopic (exact) mass is 764 g/mol. The number of hydrazone groups is 1. The number of rotatable bonds is 9. The zero-order valence-corrected chi connectivity index (χ0v) is 28.3. The van der Waals surface area contributed by atoms with Gasteiger partial charge in [-0.15, -0.1) is 0 Å². The molecule has 0 saturated carbocycles. The Hall–Kier alpha value is -4.83. The summed E-state index contributed by atoms with van der Waals surface area (Å²) >= 11 is 13.4. The minimum absolute atomic E-state index is 0.140. The summed E-state index contributed by atoms with van der Waals surface area (Å²) in [4.78, 5) is 29.9. The number of hydrogen-bond donors (Lipinski definition) is 2. The summed E-state index contributed by atoms with van der Waals surface area (Å²) in [6.07, 6.45) is 1.34. The first kappa shape index (κ1) is 32.6. The Balaban J connectivity index is 1.47. The third-order valence-corrected chi connectivity index (χ3v) is 8.20. The average Bonchev–Trinajstić information content (AvgIpc) is 3.45. The van der Waals surface area contributed by atoms with Crippen LogP contribution in [0, 0.1) is 11.3 Å². The fourth-order valence-electron chi connectivity index (χ4n) is 4.78. The quantitative estimate of drug-likeness (QED) is 0.0675. The number of halogens is 3. The number of nitriles is 1. The Labute approximate surface area is 285 Å². The number of amides is 1. The van der Waals surface area contributed by atoms with Crippen molar-refractivity contribution >= 4 is 72.5 Å². The van der Waals surface area contributed by atoms with E-state index in [1.807, 2.05) is 0 Å². The van der Waals surface area contributed by atoms with E-state index >= 15 is 0 Å². The van der Waals surface area contributed by atoms with Gasteiger partial charge in [0, 0.05) is 31.6 Å². The number of nitrogens with zero attached hydrogens (tertiary/aromatic N) is 2. The van der Waals surface area contributed by atoms with Crippen LogP contribution in [0.15, 0.2) is 80.8 Å². The van der Waals surface area contributed by atoms with Crippen molar-refractivity contribution in [3.05, 3.63) is 103 Å². The van der Waals surface area contributed by atoms with Crippen molar-refractivity contribution in [2.75, 3.05) is 21.3 Å². The second-order valence-corrected chi connectivity index (χ2v) is 11.7. The lowest BCUT2D eigenvalue weighted by Gasteiger charge is -2.15. The maximum Gasteiger partial charge on any atom is 0.343 e. The zero-order valence-electron chi connectivity index (χ0n) is 24.4. The number of fused-ring (bicyclic) bond motifs is 1. The van der Waals surface area contributed by atoms with Gasteiger partial charge in [0.2, 0.25) is 5.75 Å². The van der Waals surface area contributed by atoms with Gasteiger partial charge in [-0.1, -0.05) is 57.9 Å². The summed E-state index contributed by atoms with van der Waals surface area (Å²) < 4.78 is 22.9. The lowest BCUT2D eigenvalue weighted by atomic mass is 10.0. The maximum absolute atomic E-state index is 13.5. The number of aromatic amines is 1. The fraction of sp³-hybridized carbons (Fsp3) is 0.0909. The normalized spacial score (nSPS) is 10.9. The molecule has 0 spiro atoms. The minimum atomic E-state index is -0.711. The van der Waals surface area contributed by atoms with Gasteiger partial charge < -0.3 is 23.9 Å². The molecular weight excluding hydrogens is 744 g/mol. The number of hydrogen-bond acceptors (Lipinski definition) is 8. The molecule has 0 aliphatic rings. The molecule has 0 atom stereocenters. The molecule has 2 N–H and O–H groups in total. The van der Waals surface area contributed by atoms with Crippen molar-refractivity contribution in [1.29, 1.82) is 5.26 Å². The fourth-order valence-corrected chi connectivity index (χ4v) is 6.34. The number of ether oxygens (including phenoxy) is 4. The van der Waals surface area contributed by atoms with Crippen LogP contribution >= 0.6 is 43.5 Å². The molecule has 0 bridgehead atoms. The van der Waals surface area contributed by atoms with Crippen LogP contribution in [0.1, 0.15) is 32.0 Å². The van der Waals surface area contributed by atoms with E-state index in [0.29, 0.717) is 52.9 Å². The molecule has 1 heterocycles. The number of benzene rings is 4. The molecule has 46 heavy (non-hydrogen) atoms. The van der Waals surface area contributed by atoms with Gasteiger partial charge in [-0.25, -0.2) is 10.2 Å². The molecule has 0 aliphatic carbocycles. The Morgan fingerprint density at radius 3 is 2.33 bits per heavy atom. The third kappa shape index (κ3) is 6.44. The van der Waals surface area contributed by atoms with Gasteiger partial charge in [0.15, 0.2) is 17.2 Å². The van der Waals surface area contributed by atoms with Gasteiger partial charge in [-0.2, -0.15) is 10.4 Å². The molecule has 4 aromatic carbocycles. The molecule has 13 heteroatoms. The van der Waals surface area contributed by atoms with E-state index in [1.54, 1.807) is 54.6 Å². The summed E-state index contributed by atoms with van der Waals surface area (Å²) in [5, 5.41) is 14.9. The van der Waals surface area contributed by atoms with E-state index in [1.165, 1.54) is 39.7 Å². The third-order valence-electron chi connectivity index (χ3n) is 6.83. The number of carbonyl (C=O) groups is 2. The number of H-pyrrole nitrogens is 1. The van der Waals surface area contributed by atoms with Crippen molar-refractivity contribution in [2.24, 2.45) is 5.10 Å². The largest absolute Gasteiger partial charge is 0.493 e. The molecule has 5 rings (SSSR count). The molecule has 5 aromatic rings. The predicted molar refractivity (Wildman–Crippen MR) is 181 cm³/mol. The van der Waals surface area contributed by atoms with E-state index < -0.39 is 11.9 Å². The molecule has 1 amide bonds. The van der Waals surface area contributed by atoms with E-state index in [9.17, 15) is 14.9 Å². The lowest BCUT2D eigenvalue weighted by Crippen LogP contribution is -2.19. The van der Waals surface area contributed by atoms with Crippen molar-refractivity contribution in [1.82, 2.24) is 10.4 Å². The highest BCUT2D eigenvalue weighted by molar-refractivity contribution is 9.11. The summed E-state index contributed by atoms with van der Waals surface area (Å²) in [6, 6.07) is 20.7. The smallest absolute Gasteiger partial charge is 0.343 e. The van der Waals surface area contributed by atoms with Crippen LogP contribution in [0.25, 0.3) is 22.0 Å². The lowest BCUT2D eigenvalue weighted by molar-refractivity contribution is 0.0732. The zero-order chi connectivity index (χ0) is 33.0. The number of carbonyl (C=O) groups excluding carboxylic acids is 2. The number of para-hydroxylation sites is 1. The van der Waals surface area contributed by atoms with Crippen LogP contribution in [0.3, 0.4) is 0 Å². The number of methoxy groups -OCH3 is 3. The second kappa shape index (κ2) is 14.1. The molecular formula is C33H23Br2ClN4O6. The first-order valence-corrected chi connectivity index (χ1v) is 15.3. The summed E-state index contributed by atoms with van der Waals surface area (Å²) in [5.41, 5.74) is 5.17. The SMILES string of the molecule is COc1cc(C(=O)Oc2c(Br)cc(Br)cc2C=NNC(=O)c2[nH]c3c(C#N)cccc3c2-c2ccccc2Cl)cc(OC)c1OC. The van der Waals surface area contributed by atoms with Crippen LogP contribution in [-0.4, -0.2) is 44.4 Å². The topological polar surface area (TPSA) is 135 Å².